The van der Waals surface area contributed by atoms with Crippen molar-refractivity contribution in [3.05, 3.63) is 193 Å². The van der Waals surface area contributed by atoms with Crippen molar-refractivity contribution in [3.63, 3.8) is 0 Å². The van der Waals surface area contributed by atoms with Gasteiger partial charge in [-0.25, -0.2) is 0 Å². The minimum atomic E-state index is -0.0914. The first-order chi connectivity index (χ1) is 26.5. The van der Waals surface area contributed by atoms with E-state index in [4.69, 9.17) is 4.42 Å². The van der Waals surface area contributed by atoms with Crippen molar-refractivity contribution in [1.82, 2.24) is 0 Å². The SMILES string of the molecule is CC1(C)c2ccccc2-c2ccc(-c3c4ccccc4c(-c4ccccc4)c4ccc(-c5cccc(-c6cccc7c6oc6ccccc67)c5)cc34)cc21. The maximum atomic E-state index is 6.47. The summed E-state index contributed by atoms with van der Waals surface area (Å²) < 4.78 is 6.47. The third kappa shape index (κ3) is 4.52. The lowest BCUT2D eigenvalue weighted by molar-refractivity contribution is 0.660. The van der Waals surface area contributed by atoms with E-state index < -0.39 is 0 Å². The van der Waals surface area contributed by atoms with Crippen molar-refractivity contribution in [3.8, 4) is 55.6 Å². The maximum Gasteiger partial charge on any atom is 0.143 e. The highest BCUT2D eigenvalue weighted by atomic mass is 16.3. The summed E-state index contributed by atoms with van der Waals surface area (Å²) in [6.07, 6.45) is 0. The fraction of sp³-hybridized carbons (Fsp3) is 0.0566. The third-order valence-corrected chi connectivity index (χ3v) is 11.9. The molecule has 0 spiro atoms. The van der Waals surface area contributed by atoms with Gasteiger partial charge in [0.1, 0.15) is 11.2 Å². The van der Waals surface area contributed by atoms with Crippen LogP contribution in [-0.4, -0.2) is 0 Å². The van der Waals surface area contributed by atoms with Crippen molar-refractivity contribution in [2.45, 2.75) is 19.3 Å². The first-order valence-electron chi connectivity index (χ1n) is 18.8. The number of furan rings is 1. The average molecular weight is 689 g/mol. The topological polar surface area (TPSA) is 13.1 Å². The molecule has 0 aliphatic heterocycles. The normalized spacial score (nSPS) is 13.1. The Morgan fingerprint density at radius 2 is 0.907 bits per heavy atom. The van der Waals surface area contributed by atoms with Gasteiger partial charge in [-0.2, -0.15) is 0 Å². The van der Waals surface area contributed by atoms with Crippen LogP contribution in [0.25, 0.3) is 99.1 Å². The van der Waals surface area contributed by atoms with Gasteiger partial charge < -0.3 is 4.42 Å². The van der Waals surface area contributed by atoms with Gasteiger partial charge in [0, 0.05) is 21.8 Å². The molecule has 0 saturated carbocycles. The van der Waals surface area contributed by atoms with Crippen molar-refractivity contribution in [1.29, 1.82) is 0 Å². The first-order valence-corrected chi connectivity index (χ1v) is 18.8. The summed E-state index contributed by atoms with van der Waals surface area (Å²) in [4.78, 5) is 0. The lowest BCUT2D eigenvalue weighted by Crippen LogP contribution is -2.14. The molecule has 1 aliphatic rings. The van der Waals surface area contributed by atoms with Gasteiger partial charge in [0.25, 0.3) is 0 Å². The molecule has 0 amide bonds. The van der Waals surface area contributed by atoms with Crippen LogP contribution in [0.4, 0.5) is 0 Å². The second-order valence-electron chi connectivity index (χ2n) is 15.2. The number of para-hydroxylation sites is 2. The zero-order valence-corrected chi connectivity index (χ0v) is 30.2. The van der Waals surface area contributed by atoms with Gasteiger partial charge in [-0.3, -0.25) is 0 Å². The van der Waals surface area contributed by atoms with E-state index in [1.807, 2.05) is 6.07 Å². The molecule has 1 aromatic heterocycles. The van der Waals surface area contributed by atoms with Gasteiger partial charge in [-0.15, -0.1) is 0 Å². The van der Waals surface area contributed by atoms with E-state index in [0.29, 0.717) is 0 Å². The smallest absolute Gasteiger partial charge is 0.143 e. The summed E-state index contributed by atoms with van der Waals surface area (Å²) in [5.74, 6) is 0. The molecule has 254 valence electrons. The Kier molecular flexibility index (Phi) is 6.66. The van der Waals surface area contributed by atoms with Gasteiger partial charge in [0.2, 0.25) is 0 Å². The van der Waals surface area contributed by atoms with Crippen molar-refractivity contribution in [2.24, 2.45) is 0 Å². The van der Waals surface area contributed by atoms with Gasteiger partial charge in [-0.05, 0) is 107 Å². The van der Waals surface area contributed by atoms with E-state index in [1.54, 1.807) is 0 Å². The molecule has 1 heteroatoms. The summed E-state index contributed by atoms with van der Waals surface area (Å²) in [6.45, 7) is 4.74. The van der Waals surface area contributed by atoms with Gasteiger partial charge in [0.15, 0.2) is 0 Å². The zero-order valence-electron chi connectivity index (χ0n) is 30.2. The Balaban J connectivity index is 1.16. The van der Waals surface area contributed by atoms with Gasteiger partial charge >= 0.3 is 0 Å². The van der Waals surface area contributed by atoms with Crippen molar-refractivity contribution in [2.75, 3.05) is 0 Å². The van der Waals surface area contributed by atoms with E-state index in [1.165, 1.54) is 77.2 Å². The standard InChI is InChI=1S/C53H36O/c1-53(2)47-24-10-8-18-39(47)40-28-27-37(32-48(40)53)51-43-21-7-6-20-42(43)50(33-14-4-3-5-15-33)44-29-26-35(31-46(44)51)34-16-12-17-36(30-34)38-22-13-23-45-41-19-9-11-25-49(41)54-52(38)45/h3-32H,1-2H3. The minimum absolute atomic E-state index is 0.0914. The molecule has 0 N–H and O–H groups in total. The molecule has 1 aliphatic carbocycles. The number of hydrogen-bond acceptors (Lipinski definition) is 1. The van der Waals surface area contributed by atoms with Crippen LogP contribution in [0.15, 0.2) is 186 Å². The highest BCUT2D eigenvalue weighted by Crippen LogP contribution is 2.51. The highest BCUT2D eigenvalue weighted by Gasteiger charge is 2.35. The lowest BCUT2D eigenvalue weighted by atomic mass is 9.80. The summed E-state index contributed by atoms with van der Waals surface area (Å²) in [5, 5.41) is 7.33. The van der Waals surface area contributed by atoms with Crippen LogP contribution in [0.3, 0.4) is 0 Å². The highest BCUT2D eigenvalue weighted by molar-refractivity contribution is 6.22. The van der Waals surface area contributed by atoms with Crippen LogP contribution in [0, 0.1) is 0 Å². The quantitative estimate of drug-likeness (QED) is 0.168. The van der Waals surface area contributed by atoms with E-state index in [-0.39, 0.29) is 5.41 Å². The summed E-state index contributed by atoms with van der Waals surface area (Å²) >= 11 is 0. The van der Waals surface area contributed by atoms with Gasteiger partial charge in [0.05, 0.1) is 0 Å². The lowest BCUT2D eigenvalue weighted by Gasteiger charge is -2.23. The molecule has 1 heterocycles. The number of rotatable bonds is 4. The molecule has 9 aromatic carbocycles. The summed E-state index contributed by atoms with van der Waals surface area (Å²) in [5.41, 5.74) is 16.8. The molecule has 0 radical (unpaired) electrons. The fourth-order valence-corrected chi connectivity index (χ4v) is 9.29. The second kappa shape index (κ2) is 11.7. The molecule has 0 bridgehead atoms. The molecule has 54 heavy (non-hydrogen) atoms. The Morgan fingerprint density at radius 3 is 1.76 bits per heavy atom. The summed E-state index contributed by atoms with van der Waals surface area (Å²) in [7, 11) is 0. The van der Waals surface area contributed by atoms with Crippen LogP contribution in [0.1, 0.15) is 25.0 Å². The van der Waals surface area contributed by atoms with Crippen molar-refractivity contribution < 1.29 is 4.42 Å². The number of hydrogen-bond donors (Lipinski definition) is 0. The Morgan fingerprint density at radius 1 is 0.333 bits per heavy atom. The number of fused-ring (bicyclic) bond motifs is 8. The van der Waals surface area contributed by atoms with E-state index >= 15 is 0 Å². The molecular weight excluding hydrogens is 653 g/mol. The van der Waals surface area contributed by atoms with E-state index in [9.17, 15) is 0 Å². The molecule has 0 fully saturated rings. The minimum Gasteiger partial charge on any atom is -0.455 e. The van der Waals surface area contributed by atoms with E-state index in [2.05, 4.69) is 190 Å². The number of benzene rings is 9. The van der Waals surface area contributed by atoms with Crippen LogP contribution in [-0.2, 0) is 5.41 Å². The zero-order chi connectivity index (χ0) is 36.0. The van der Waals surface area contributed by atoms with Crippen LogP contribution >= 0.6 is 0 Å². The molecule has 1 nitrogen and oxygen atoms in total. The van der Waals surface area contributed by atoms with Gasteiger partial charge in [-0.1, -0.05) is 172 Å². The molecular formula is C53H36O. The molecule has 11 rings (SSSR count). The monoisotopic (exact) mass is 688 g/mol. The summed E-state index contributed by atoms with van der Waals surface area (Å²) in [6, 6.07) is 66.7. The Hall–Kier alpha value is -6.70. The van der Waals surface area contributed by atoms with Crippen molar-refractivity contribution >= 4 is 43.5 Å². The van der Waals surface area contributed by atoms with Crippen LogP contribution in [0.5, 0.6) is 0 Å². The fourth-order valence-electron chi connectivity index (χ4n) is 9.29. The second-order valence-corrected chi connectivity index (χ2v) is 15.2. The van der Waals surface area contributed by atoms with Crippen LogP contribution in [0.2, 0.25) is 0 Å². The first kappa shape index (κ1) is 30.9. The largest absolute Gasteiger partial charge is 0.455 e. The van der Waals surface area contributed by atoms with E-state index in [0.717, 1.165) is 33.1 Å². The van der Waals surface area contributed by atoms with Crippen LogP contribution < -0.4 is 0 Å². The molecule has 0 saturated heterocycles. The molecule has 0 atom stereocenters. The molecule has 0 unspecified atom stereocenters. The third-order valence-electron chi connectivity index (χ3n) is 11.9. The molecule has 10 aromatic rings. The maximum absolute atomic E-state index is 6.47. The average Bonchev–Trinajstić information content (AvgIpc) is 3.72. The predicted molar refractivity (Wildman–Crippen MR) is 228 cm³/mol. The Bertz CT molecular complexity index is 3120. The Labute approximate surface area is 314 Å². The predicted octanol–water partition coefficient (Wildman–Crippen LogP) is 14.9.